The van der Waals surface area contributed by atoms with Crippen LogP contribution in [0.1, 0.15) is 13.8 Å². The third-order valence-electron chi connectivity index (χ3n) is 9.20. The Morgan fingerprint density at radius 1 is 0.208 bits per heavy atom. The van der Waals surface area contributed by atoms with Gasteiger partial charge in [0.15, 0.2) is 0 Å². The van der Waals surface area contributed by atoms with Crippen LogP contribution in [0.2, 0.25) is 0 Å². The van der Waals surface area contributed by atoms with Gasteiger partial charge in [0.05, 0.1) is 297 Å². The standard InChI is InChI=1S/C52H102O25/c1-4-54-5-6-55-7-8-56-9-10-57-11-12-58-13-14-59-15-16-60-17-18-61-19-20-62-21-22-63-23-24-64-25-26-65-27-28-66-29-30-67-31-32-68-33-34-69-35-36-70-37-38-71-39-40-72-41-42-73-43-44-74-45-46-75-47-48-76-49-50-77-52(53)51(2)3/h2,4-50H2,1,3H3. The number of hydrogen-bond donors (Lipinski definition) is 0. The highest BCUT2D eigenvalue weighted by molar-refractivity contribution is 5.86. The van der Waals surface area contributed by atoms with Crippen molar-refractivity contribution in [2.24, 2.45) is 0 Å². The second-order valence-corrected chi connectivity index (χ2v) is 15.6. The Balaban J connectivity index is 3.09. The molecule has 0 atom stereocenters. The molecule has 0 heterocycles. The number of carbonyl (C=O) groups is 1. The zero-order chi connectivity index (χ0) is 55.4. The molecule has 0 fully saturated rings. The molecule has 77 heavy (non-hydrogen) atoms. The third-order valence-corrected chi connectivity index (χ3v) is 9.20. The summed E-state index contributed by atoms with van der Waals surface area (Å²) in [6, 6.07) is 0. The molecule has 460 valence electrons. The molecular formula is C52H102O25. The predicted octanol–water partition coefficient (Wildman–Crippen LogP) is 1.51. The minimum atomic E-state index is -0.418. The fourth-order valence-electron chi connectivity index (χ4n) is 5.30. The summed E-state index contributed by atoms with van der Waals surface area (Å²) in [4.78, 5) is 11.2. The molecule has 0 amide bonds. The molecule has 0 rings (SSSR count). The van der Waals surface area contributed by atoms with Gasteiger partial charge >= 0.3 is 5.97 Å². The quantitative estimate of drug-likeness (QED) is 0.0477. The molecule has 0 N–H and O–H groups in total. The van der Waals surface area contributed by atoms with Gasteiger partial charge in [-0.15, -0.1) is 0 Å². The van der Waals surface area contributed by atoms with Crippen LogP contribution in [0.15, 0.2) is 12.2 Å². The van der Waals surface area contributed by atoms with Crippen molar-refractivity contribution in [1.29, 1.82) is 0 Å². The van der Waals surface area contributed by atoms with Gasteiger partial charge in [-0.3, -0.25) is 0 Å². The summed E-state index contributed by atoms with van der Waals surface area (Å²) in [5, 5.41) is 0. The van der Waals surface area contributed by atoms with Gasteiger partial charge in [-0.25, -0.2) is 4.79 Å². The van der Waals surface area contributed by atoms with E-state index in [0.29, 0.717) is 309 Å². The van der Waals surface area contributed by atoms with E-state index in [1.165, 1.54) is 0 Å². The minimum absolute atomic E-state index is 0.191. The Labute approximate surface area is 460 Å². The molecule has 0 aromatic carbocycles. The Morgan fingerprint density at radius 2 is 0.312 bits per heavy atom. The maximum Gasteiger partial charge on any atom is 0.333 e. The van der Waals surface area contributed by atoms with E-state index in [9.17, 15) is 4.79 Å². The summed E-state index contributed by atoms with van der Waals surface area (Å²) in [5.74, 6) is -0.418. The van der Waals surface area contributed by atoms with Gasteiger partial charge < -0.3 is 114 Å². The fourth-order valence-corrected chi connectivity index (χ4v) is 5.30. The summed E-state index contributed by atoms with van der Waals surface area (Å²) in [5.41, 5.74) is 0.364. The molecule has 0 aromatic heterocycles. The maximum absolute atomic E-state index is 11.2. The summed E-state index contributed by atoms with van der Waals surface area (Å²) >= 11 is 0. The van der Waals surface area contributed by atoms with Crippen molar-refractivity contribution in [2.45, 2.75) is 13.8 Å². The highest BCUT2D eigenvalue weighted by Gasteiger charge is 2.03. The molecule has 0 saturated carbocycles. The molecule has 0 aliphatic heterocycles. The predicted molar refractivity (Wildman–Crippen MR) is 280 cm³/mol. The molecule has 0 spiro atoms. The van der Waals surface area contributed by atoms with Gasteiger partial charge in [0.25, 0.3) is 0 Å². The molecule has 0 unspecified atom stereocenters. The van der Waals surface area contributed by atoms with Crippen molar-refractivity contribution < 1.29 is 118 Å². The topological polar surface area (TPSA) is 239 Å². The largest absolute Gasteiger partial charge is 0.460 e. The first-order valence-corrected chi connectivity index (χ1v) is 27.3. The highest BCUT2D eigenvalue weighted by atomic mass is 16.6. The van der Waals surface area contributed by atoms with Gasteiger partial charge in [-0.2, -0.15) is 0 Å². The molecule has 25 nitrogen and oxygen atoms in total. The smallest absolute Gasteiger partial charge is 0.333 e. The van der Waals surface area contributed by atoms with Crippen molar-refractivity contribution in [1.82, 2.24) is 0 Å². The normalized spacial score (nSPS) is 11.6. The first-order chi connectivity index (χ1) is 38.2. The Morgan fingerprint density at radius 3 is 0.416 bits per heavy atom. The minimum Gasteiger partial charge on any atom is -0.460 e. The van der Waals surface area contributed by atoms with Crippen LogP contribution in [0, 0.1) is 0 Å². The zero-order valence-electron chi connectivity index (χ0n) is 47.1. The van der Waals surface area contributed by atoms with Crippen LogP contribution in [0.25, 0.3) is 0 Å². The monoisotopic (exact) mass is 1130 g/mol. The molecule has 25 heteroatoms. The molecule has 0 radical (unpaired) electrons. The first-order valence-electron chi connectivity index (χ1n) is 27.3. The zero-order valence-corrected chi connectivity index (χ0v) is 47.1. The SMILES string of the molecule is C=C(C)C(=O)OCCOCCOCCOCCOCCOCCOCCOCCOCCOCCOCCOCCOCCOCCOCCOCCOCCOCCOCCOCCOCCOCCOCCOCC. The van der Waals surface area contributed by atoms with E-state index < -0.39 is 5.97 Å². The molecular weight excluding hydrogens is 1020 g/mol. The number of rotatable bonds is 71. The molecule has 0 aromatic rings. The average molecular weight is 1130 g/mol. The molecule has 0 bridgehead atoms. The van der Waals surface area contributed by atoms with Gasteiger partial charge in [-0.1, -0.05) is 6.58 Å². The van der Waals surface area contributed by atoms with Crippen molar-refractivity contribution in [3.05, 3.63) is 12.2 Å². The lowest BCUT2D eigenvalue weighted by molar-refractivity contribution is -0.140. The average Bonchev–Trinajstić information content (AvgIpc) is 3.43. The number of ether oxygens (including phenoxy) is 24. The van der Waals surface area contributed by atoms with E-state index in [4.69, 9.17) is 114 Å². The molecule has 0 saturated heterocycles. The van der Waals surface area contributed by atoms with Crippen molar-refractivity contribution in [2.75, 3.05) is 311 Å². The van der Waals surface area contributed by atoms with Crippen LogP contribution in [-0.2, 0) is 118 Å². The Kier molecular flexibility index (Phi) is 68.8. The maximum atomic E-state index is 11.2. The van der Waals surface area contributed by atoms with Gasteiger partial charge in [0.2, 0.25) is 0 Å². The first kappa shape index (κ1) is 75.3. The Hall–Kier alpha value is -1.71. The Bertz CT molecular complexity index is 1120. The van der Waals surface area contributed by atoms with Crippen molar-refractivity contribution in [3.8, 4) is 0 Å². The van der Waals surface area contributed by atoms with Gasteiger partial charge in [0.1, 0.15) is 6.61 Å². The van der Waals surface area contributed by atoms with Crippen LogP contribution >= 0.6 is 0 Å². The lowest BCUT2D eigenvalue weighted by Crippen LogP contribution is -2.16. The molecule has 0 aliphatic carbocycles. The third kappa shape index (κ3) is 70.3. The van der Waals surface area contributed by atoms with Crippen LogP contribution in [-0.4, -0.2) is 316 Å². The fraction of sp³-hybridized carbons (Fsp3) is 0.942. The number of hydrogen-bond acceptors (Lipinski definition) is 25. The molecule has 0 aliphatic rings. The number of esters is 1. The van der Waals surface area contributed by atoms with Crippen molar-refractivity contribution >= 4 is 5.97 Å². The summed E-state index contributed by atoms with van der Waals surface area (Å²) in [6.07, 6.45) is 0. The van der Waals surface area contributed by atoms with E-state index >= 15 is 0 Å². The second-order valence-electron chi connectivity index (χ2n) is 15.6. The van der Waals surface area contributed by atoms with E-state index in [1.54, 1.807) is 6.92 Å². The van der Waals surface area contributed by atoms with E-state index in [-0.39, 0.29) is 6.61 Å². The second kappa shape index (κ2) is 70.4. The van der Waals surface area contributed by atoms with Crippen molar-refractivity contribution in [3.63, 3.8) is 0 Å². The highest BCUT2D eigenvalue weighted by Crippen LogP contribution is 1.93. The van der Waals surface area contributed by atoms with E-state index in [1.807, 2.05) is 6.92 Å². The van der Waals surface area contributed by atoms with Crippen LogP contribution in [0.3, 0.4) is 0 Å². The van der Waals surface area contributed by atoms with Gasteiger partial charge in [0, 0.05) is 12.2 Å². The summed E-state index contributed by atoms with van der Waals surface area (Å²) < 4.78 is 131. The number of carbonyl (C=O) groups excluding carboxylic acids is 1. The van der Waals surface area contributed by atoms with Gasteiger partial charge in [-0.05, 0) is 13.8 Å². The lowest BCUT2D eigenvalue weighted by atomic mass is 10.4. The lowest BCUT2D eigenvalue weighted by Gasteiger charge is -2.09. The summed E-state index contributed by atoms with van der Waals surface area (Å²) in [6.45, 7) is 29.9. The van der Waals surface area contributed by atoms with E-state index in [0.717, 1.165) is 0 Å². The van der Waals surface area contributed by atoms with E-state index in [2.05, 4.69) is 6.58 Å². The summed E-state index contributed by atoms with van der Waals surface area (Å²) in [7, 11) is 0. The van der Waals surface area contributed by atoms with Crippen LogP contribution < -0.4 is 0 Å². The van der Waals surface area contributed by atoms with Crippen LogP contribution in [0.4, 0.5) is 0 Å². The van der Waals surface area contributed by atoms with Crippen LogP contribution in [0.5, 0.6) is 0 Å².